The molecule has 0 saturated carbocycles. The molecule has 11 heavy (non-hydrogen) atoms. The van der Waals surface area contributed by atoms with Gasteiger partial charge >= 0.3 is 0 Å². The number of rotatable bonds is 3. The van der Waals surface area contributed by atoms with Gasteiger partial charge in [-0.25, -0.2) is 0 Å². The molecule has 0 rings (SSSR count). The zero-order valence-corrected chi connectivity index (χ0v) is 9.66. The van der Waals surface area contributed by atoms with Gasteiger partial charge in [0.05, 0.1) is 4.87 Å². The van der Waals surface area contributed by atoms with Gasteiger partial charge in [0.1, 0.15) is 0 Å². The largest absolute Gasteiger partial charge is 0.209 e. The van der Waals surface area contributed by atoms with Gasteiger partial charge in [-0.15, -0.1) is 11.6 Å². The molecular weight excluding hydrogens is 226 g/mol. The summed E-state index contributed by atoms with van der Waals surface area (Å²) in [6.45, 7) is 3.82. The van der Waals surface area contributed by atoms with Crippen LogP contribution in [0.3, 0.4) is 0 Å². The summed E-state index contributed by atoms with van der Waals surface area (Å²) in [7, 11) is 0. The van der Waals surface area contributed by atoms with Crippen LogP contribution in [0.1, 0.15) is 33.1 Å². The van der Waals surface area contributed by atoms with Gasteiger partial charge in [0, 0.05) is 0 Å². The van der Waals surface area contributed by atoms with Crippen LogP contribution < -0.4 is 0 Å². The van der Waals surface area contributed by atoms with Gasteiger partial charge in [-0.1, -0.05) is 54.6 Å². The quantitative estimate of drug-likeness (QED) is 0.633. The second-order valence-electron chi connectivity index (χ2n) is 2.80. The van der Waals surface area contributed by atoms with Crippen molar-refractivity contribution in [1.82, 2.24) is 0 Å². The van der Waals surface area contributed by atoms with Gasteiger partial charge in [-0.05, 0) is 13.3 Å². The lowest BCUT2D eigenvalue weighted by Crippen LogP contribution is -2.33. The van der Waals surface area contributed by atoms with Crippen molar-refractivity contribution in [3.8, 4) is 0 Å². The van der Waals surface area contributed by atoms with Crippen LogP contribution in [0.5, 0.6) is 0 Å². The lowest BCUT2D eigenvalue weighted by molar-refractivity contribution is 0.551. The molecule has 1 atom stereocenters. The minimum absolute atomic E-state index is 0.724. The summed E-state index contributed by atoms with van der Waals surface area (Å²) in [6.07, 6.45) is 2.76. The first-order valence-corrected chi connectivity index (χ1v) is 5.08. The van der Waals surface area contributed by atoms with Crippen molar-refractivity contribution in [2.45, 2.75) is 41.8 Å². The molecule has 68 valence electrons. The minimum atomic E-state index is -1.37. The van der Waals surface area contributed by atoms with E-state index in [4.69, 9.17) is 46.4 Å². The Balaban J connectivity index is 4.00. The lowest BCUT2D eigenvalue weighted by atomic mass is 10.1. The molecule has 4 heteroatoms. The van der Waals surface area contributed by atoms with Gasteiger partial charge in [0.2, 0.25) is 3.79 Å². The molecule has 0 nitrogen and oxygen atoms in total. The predicted molar refractivity (Wildman–Crippen MR) is 54.1 cm³/mol. The van der Waals surface area contributed by atoms with E-state index in [0.29, 0.717) is 0 Å². The summed E-state index contributed by atoms with van der Waals surface area (Å²) in [4.78, 5) is -0.742. The van der Waals surface area contributed by atoms with Crippen molar-refractivity contribution in [1.29, 1.82) is 0 Å². The molecule has 0 aliphatic heterocycles. The maximum Gasteiger partial charge on any atom is 0.209 e. The van der Waals surface area contributed by atoms with Crippen molar-refractivity contribution >= 4 is 46.4 Å². The van der Waals surface area contributed by atoms with Gasteiger partial charge in [-0.2, -0.15) is 0 Å². The van der Waals surface area contributed by atoms with Crippen LogP contribution in [0.4, 0.5) is 0 Å². The first-order valence-electron chi connectivity index (χ1n) is 3.57. The molecule has 0 fully saturated rings. The topological polar surface area (TPSA) is 0 Å². The van der Waals surface area contributed by atoms with E-state index in [9.17, 15) is 0 Å². The molecule has 0 N–H and O–H groups in total. The maximum atomic E-state index is 6.00. The smallest absolute Gasteiger partial charge is 0.115 e. The van der Waals surface area contributed by atoms with Crippen LogP contribution in [-0.4, -0.2) is 8.67 Å². The number of alkyl halides is 4. The minimum Gasteiger partial charge on any atom is -0.115 e. The van der Waals surface area contributed by atoms with E-state index < -0.39 is 8.67 Å². The zero-order valence-electron chi connectivity index (χ0n) is 6.63. The molecule has 0 saturated heterocycles. The third kappa shape index (κ3) is 4.07. The van der Waals surface area contributed by atoms with Crippen LogP contribution in [0.25, 0.3) is 0 Å². The first-order chi connectivity index (χ1) is 4.81. The first kappa shape index (κ1) is 12.2. The summed E-state index contributed by atoms with van der Waals surface area (Å²) >= 11 is 23.0. The third-order valence-corrected chi connectivity index (χ3v) is 3.60. The monoisotopic (exact) mass is 236 g/mol. The average Bonchev–Trinajstić information content (AvgIpc) is 1.81. The Morgan fingerprint density at radius 3 is 1.82 bits per heavy atom. The fourth-order valence-corrected chi connectivity index (χ4v) is 1.07. The van der Waals surface area contributed by atoms with E-state index in [1.165, 1.54) is 0 Å². The molecule has 0 bridgehead atoms. The summed E-state index contributed by atoms with van der Waals surface area (Å²) in [6, 6.07) is 0. The van der Waals surface area contributed by atoms with Crippen molar-refractivity contribution < 1.29 is 0 Å². The van der Waals surface area contributed by atoms with Crippen LogP contribution in [0.2, 0.25) is 0 Å². The highest BCUT2D eigenvalue weighted by atomic mass is 35.6. The molecule has 0 aliphatic carbocycles. The number of hydrogen-bond acceptors (Lipinski definition) is 0. The fourth-order valence-electron chi connectivity index (χ4n) is 0.650. The summed E-state index contributed by atoms with van der Waals surface area (Å²) in [5.41, 5.74) is 0. The second kappa shape index (κ2) is 4.41. The van der Waals surface area contributed by atoms with Crippen molar-refractivity contribution in [3.05, 3.63) is 0 Å². The van der Waals surface area contributed by atoms with Gasteiger partial charge in [-0.3, -0.25) is 0 Å². The van der Waals surface area contributed by atoms with E-state index >= 15 is 0 Å². The van der Waals surface area contributed by atoms with Crippen LogP contribution in [0.15, 0.2) is 0 Å². The Morgan fingerprint density at radius 2 is 1.55 bits per heavy atom. The van der Waals surface area contributed by atoms with Crippen molar-refractivity contribution in [3.63, 3.8) is 0 Å². The van der Waals surface area contributed by atoms with E-state index in [2.05, 4.69) is 6.92 Å². The molecular formula is C7H12Cl4. The normalized spacial score (nSPS) is 18.0. The summed E-state index contributed by atoms with van der Waals surface area (Å²) in [5, 5.41) is 0. The van der Waals surface area contributed by atoms with Crippen molar-refractivity contribution in [2.24, 2.45) is 0 Å². The highest BCUT2D eigenvalue weighted by Gasteiger charge is 2.42. The van der Waals surface area contributed by atoms with Gasteiger partial charge in [0.25, 0.3) is 0 Å². The average molecular weight is 238 g/mol. The van der Waals surface area contributed by atoms with Crippen molar-refractivity contribution in [2.75, 3.05) is 0 Å². The summed E-state index contributed by atoms with van der Waals surface area (Å²) in [5.74, 6) is 0. The number of unbranched alkanes of at least 4 members (excludes halogenated alkanes) is 1. The molecule has 0 heterocycles. The van der Waals surface area contributed by atoms with Crippen LogP contribution in [-0.2, 0) is 0 Å². The zero-order chi connectivity index (χ0) is 9.12. The van der Waals surface area contributed by atoms with Crippen LogP contribution in [0, 0.1) is 0 Å². The molecule has 0 amide bonds. The fraction of sp³-hybridized carbons (Fsp3) is 1.00. The summed E-state index contributed by atoms with van der Waals surface area (Å²) < 4.78 is -1.37. The molecule has 0 radical (unpaired) electrons. The molecule has 1 unspecified atom stereocenters. The Kier molecular flexibility index (Phi) is 4.88. The molecule has 0 spiro atoms. The van der Waals surface area contributed by atoms with E-state index in [0.717, 1.165) is 19.3 Å². The lowest BCUT2D eigenvalue weighted by Gasteiger charge is -2.29. The Labute approximate surface area is 88.1 Å². The third-order valence-electron chi connectivity index (χ3n) is 1.59. The highest BCUT2D eigenvalue weighted by molar-refractivity contribution is 6.70. The van der Waals surface area contributed by atoms with E-state index in [-0.39, 0.29) is 0 Å². The SMILES string of the molecule is CCCCC(C)(Cl)C(Cl)(Cl)Cl. The molecule has 0 aliphatic rings. The maximum absolute atomic E-state index is 6.00. The Bertz CT molecular complexity index is 114. The Hall–Kier alpha value is 1.16. The van der Waals surface area contributed by atoms with E-state index in [1.54, 1.807) is 6.92 Å². The predicted octanol–water partition coefficient (Wildman–Crippen LogP) is 4.54. The van der Waals surface area contributed by atoms with Gasteiger partial charge in [0.15, 0.2) is 0 Å². The van der Waals surface area contributed by atoms with Gasteiger partial charge < -0.3 is 0 Å². The molecule has 0 aromatic heterocycles. The molecule has 0 aromatic rings. The van der Waals surface area contributed by atoms with E-state index in [1.807, 2.05) is 0 Å². The number of hydrogen-bond donors (Lipinski definition) is 0. The number of halogens is 4. The molecule has 0 aromatic carbocycles. The standard InChI is InChI=1S/C7H12Cl4/c1-3-4-5-6(2,8)7(9,10)11/h3-5H2,1-2H3. The second-order valence-corrected chi connectivity index (χ2v) is 5.91. The van der Waals surface area contributed by atoms with Crippen LogP contribution >= 0.6 is 46.4 Å². The highest BCUT2D eigenvalue weighted by Crippen LogP contribution is 2.45. The Morgan fingerprint density at radius 1 is 1.09 bits per heavy atom.